The minimum Gasteiger partial charge on any atom is -0.363 e. The van der Waals surface area contributed by atoms with E-state index in [1.807, 2.05) is 14.0 Å². The van der Waals surface area contributed by atoms with Crippen LogP contribution in [0.1, 0.15) is 32.6 Å². The highest BCUT2D eigenvalue weighted by atomic mass is 32.2. The Balaban J connectivity index is 1.82. The zero-order valence-corrected chi connectivity index (χ0v) is 12.2. The fourth-order valence-electron chi connectivity index (χ4n) is 1.95. The number of nitrogens with zero attached hydrogens (tertiary/aromatic N) is 2. The molecule has 1 fully saturated rings. The zero-order valence-electron chi connectivity index (χ0n) is 10.6. The van der Waals surface area contributed by atoms with E-state index < -0.39 is 0 Å². The van der Waals surface area contributed by atoms with E-state index in [0.29, 0.717) is 6.04 Å². The molecule has 1 saturated carbocycles. The molecule has 18 heavy (non-hydrogen) atoms. The van der Waals surface area contributed by atoms with Crippen LogP contribution in [0.2, 0.25) is 0 Å². The van der Waals surface area contributed by atoms with Gasteiger partial charge in [0, 0.05) is 13.1 Å². The highest BCUT2D eigenvalue weighted by Gasteiger charge is 2.22. The largest absolute Gasteiger partial charge is 0.363 e. The molecule has 2 N–H and O–H groups in total. The highest BCUT2D eigenvalue weighted by molar-refractivity contribution is 8.02. The number of carbonyl (C=O) groups excluding carboxylic acids is 1. The molecule has 5 nitrogen and oxygen atoms in total. The van der Waals surface area contributed by atoms with E-state index in [1.165, 1.54) is 35.9 Å². The number of amides is 1. The van der Waals surface area contributed by atoms with Crippen LogP contribution in [0, 0.1) is 0 Å². The van der Waals surface area contributed by atoms with Crippen LogP contribution in [-0.4, -0.2) is 34.4 Å². The number of aromatic nitrogens is 2. The van der Waals surface area contributed by atoms with E-state index in [0.717, 1.165) is 22.3 Å². The molecule has 1 unspecified atom stereocenters. The Labute approximate surface area is 115 Å². The molecule has 0 saturated heterocycles. The Morgan fingerprint density at radius 3 is 2.78 bits per heavy atom. The van der Waals surface area contributed by atoms with Crippen LogP contribution in [-0.2, 0) is 4.79 Å². The van der Waals surface area contributed by atoms with E-state index in [1.54, 1.807) is 0 Å². The number of nitrogens with one attached hydrogen (secondary N) is 2. The minimum absolute atomic E-state index is 0.105. The van der Waals surface area contributed by atoms with Crippen LogP contribution in [0.25, 0.3) is 0 Å². The van der Waals surface area contributed by atoms with Gasteiger partial charge in [-0.25, -0.2) is 0 Å². The molecule has 100 valence electrons. The fourth-order valence-corrected chi connectivity index (χ4v) is 3.81. The smallest absolute Gasteiger partial charge is 0.233 e. The third kappa shape index (κ3) is 3.58. The zero-order chi connectivity index (χ0) is 13.0. The molecule has 0 spiro atoms. The third-order valence-corrected chi connectivity index (χ3v) is 5.09. The van der Waals surface area contributed by atoms with Crippen LogP contribution < -0.4 is 10.6 Å². The first-order valence-electron chi connectivity index (χ1n) is 6.17. The lowest BCUT2D eigenvalue weighted by Gasteiger charge is -2.15. The molecule has 1 heterocycles. The van der Waals surface area contributed by atoms with Gasteiger partial charge in [-0.2, -0.15) is 0 Å². The SMILES string of the molecule is CNc1nnc(SC(C)C(=O)NC2CCCC2)s1. The third-order valence-electron chi connectivity index (χ3n) is 2.97. The second-order valence-electron chi connectivity index (χ2n) is 4.37. The van der Waals surface area contributed by atoms with E-state index in [-0.39, 0.29) is 11.2 Å². The van der Waals surface area contributed by atoms with Gasteiger partial charge in [0.2, 0.25) is 11.0 Å². The molecule has 7 heteroatoms. The average molecular weight is 286 g/mol. The molecule has 1 aliphatic rings. The van der Waals surface area contributed by atoms with Crippen molar-refractivity contribution in [3.63, 3.8) is 0 Å². The number of hydrogen-bond acceptors (Lipinski definition) is 6. The topological polar surface area (TPSA) is 66.9 Å². The lowest BCUT2D eigenvalue weighted by molar-refractivity contribution is -0.120. The van der Waals surface area contributed by atoms with Crippen LogP contribution in [0.4, 0.5) is 5.13 Å². The average Bonchev–Trinajstić information content (AvgIpc) is 3.00. The van der Waals surface area contributed by atoms with Crippen LogP contribution in [0.5, 0.6) is 0 Å². The molecule has 1 amide bonds. The second-order valence-corrected chi connectivity index (χ2v) is 6.94. The summed E-state index contributed by atoms with van der Waals surface area (Å²) in [5.41, 5.74) is 0. The maximum absolute atomic E-state index is 12.0. The molecule has 0 bridgehead atoms. The van der Waals surface area contributed by atoms with E-state index in [2.05, 4.69) is 20.8 Å². The lowest BCUT2D eigenvalue weighted by Crippen LogP contribution is -2.37. The summed E-state index contributed by atoms with van der Waals surface area (Å²) in [6, 6.07) is 0.378. The van der Waals surface area contributed by atoms with Gasteiger partial charge in [0.05, 0.1) is 5.25 Å². The van der Waals surface area contributed by atoms with Gasteiger partial charge in [0.15, 0.2) is 4.34 Å². The van der Waals surface area contributed by atoms with Gasteiger partial charge in [-0.3, -0.25) is 4.79 Å². The first kappa shape index (κ1) is 13.6. The van der Waals surface area contributed by atoms with Gasteiger partial charge in [-0.05, 0) is 19.8 Å². The molecule has 0 radical (unpaired) electrons. The molecule has 1 aromatic heterocycles. The number of hydrogen-bond donors (Lipinski definition) is 2. The molecular formula is C11H18N4OS2. The summed E-state index contributed by atoms with van der Waals surface area (Å²) < 4.78 is 0.827. The van der Waals surface area contributed by atoms with Gasteiger partial charge < -0.3 is 10.6 Å². The molecule has 2 rings (SSSR count). The Morgan fingerprint density at radius 2 is 2.17 bits per heavy atom. The summed E-state index contributed by atoms with van der Waals surface area (Å²) in [5, 5.41) is 14.7. The predicted octanol–water partition coefficient (Wildman–Crippen LogP) is 2.12. The number of carbonyl (C=O) groups is 1. The number of thioether (sulfide) groups is 1. The summed E-state index contributed by atoms with van der Waals surface area (Å²) in [4.78, 5) is 12.0. The van der Waals surface area contributed by atoms with Gasteiger partial charge in [0.25, 0.3) is 0 Å². The summed E-state index contributed by atoms with van der Waals surface area (Å²) >= 11 is 2.94. The molecule has 0 aromatic carbocycles. The van der Waals surface area contributed by atoms with Crippen molar-refractivity contribution >= 4 is 34.1 Å². The van der Waals surface area contributed by atoms with Crippen molar-refractivity contribution in [1.29, 1.82) is 0 Å². The minimum atomic E-state index is -0.122. The van der Waals surface area contributed by atoms with Gasteiger partial charge in [0.1, 0.15) is 0 Å². The van der Waals surface area contributed by atoms with Crippen molar-refractivity contribution < 1.29 is 4.79 Å². The Hall–Kier alpha value is -0.820. The van der Waals surface area contributed by atoms with Crippen molar-refractivity contribution in [1.82, 2.24) is 15.5 Å². The predicted molar refractivity (Wildman–Crippen MR) is 75.2 cm³/mol. The molecule has 1 aliphatic carbocycles. The summed E-state index contributed by atoms with van der Waals surface area (Å²) in [6.07, 6.45) is 4.69. The first-order chi connectivity index (χ1) is 8.69. The van der Waals surface area contributed by atoms with Crippen molar-refractivity contribution in [2.75, 3.05) is 12.4 Å². The number of anilines is 1. The Bertz CT molecular complexity index is 404. The Kier molecular flexibility index (Phi) is 4.82. The fraction of sp³-hybridized carbons (Fsp3) is 0.727. The number of rotatable bonds is 5. The Morgan fingerprint density at radius 1 is 1.44 bits per heavy atom. The van der Waals surface area contributed by atoms with E-state index >= 15 is 0 Å². The van der Waals surface area contributed by atoms with E-state index in [4.69, 9.17) is 0 Å². The van der Waals surface area contributed by atoms with Crippen molar-refractivity contribution in [3.8, 4) is 0 Å². The molecule has 1 aromatic rings. The van der Waals surface area contributed by atoms with Crippen LogP contribution in [0.15, 0.2) is 4.34 Å². The standard InChI is InChI=1S/C11H18N4OS2/c1-7(9(16)13-8-5-3-4-6-8)17-11-15-14-10(12-2)18-11/h7-8H,3-6H2,1-2H3,(H,12,14)(H,13,16). The first-order valence-corrected chi connectivity index (χ1v) is 7.87. The van der Waals surface area contributed by atoms with Gasteiger partial charge >= 0.3 is 0 Å². The summed E-state index contributed by atoms with van der Waals surface area (Å²) in [5.74, 6) is 0.105. The van der Waals surface area contributed by atoms with Crippen molar-refractivity contribution in [2.45, 2.75) is 48.2 Å². The van der Waals surface area contributed by atoms with Crippen LogP contribution in [0.3, 0.4) is 0 Å². The summed E-state index contributed by atoms with van der Waals surface area (Å²) in [7, 11) is 1.81. The highest BCUT2D eigenvalue weighted by Crippen LogP contribution is 2.29. The maximum atomic E-state index is 12.0. The van der Waals surface area contributed by atoms with Crippen molar-refractivity contribution in [2.24, 2.45) is 0 Å². The lowest BCUT2D eigenvalue weighted by atomic mass is 10.2. The van der Waals surface area contributed by atoms with Crippen LogP contribution >= 0.6 is 23.1 Å². The maximum Gasteiger partial charge on any atom is 0.233 e. The van der Waals surface area contributed by atoms with Crippen molar-refractivity contribution in [3.05, 3.63) is 0 Å². The van der Waals surface area contributed by atoms with E-state index in [9.17, 15) is 4.79 Å². The monoisotopic (exact) mass is 286 g/mol. The molecule has 1 atom stereocenters. The normalized spacial score (nSPS) is 17.7. The summed E-state index contributed by atoms with van der Waals surface area (Å²) in [6.45, 7) is 1.91. The molecule has 0 aliphatic heterocycles. The van der Waals surface area contributed by atoms with Gasteiger partial charge in [-0.1, -0.05) is 35.9 Å². The van der Waals surface area contributed by atoms with Gasteiger partial charge in [-0.15, -0.1) is 10.2 Å². The second kappa shape index (κ2) is 6.38. The molecular weight excluding hydrogens is 268 g/mol. The quantitative estimate of drug-likeness (QED) is 0.812.